The summed E-state index contributed by atoms with van der Waals surface area (Å²) in [5, 5.41) is 9.54. The number of carboxylic acid groups (broad SMARTS) is 1. The number of carbonyl (C=O) groups excluding carboxylic acids is 1. The highest BCUT2D eigenvalue weighted by atomic mass is 32.2. The molecule has 1 aliphatic rings. The van der Waals surface area contributed by atoms with Gasteiger partial charge in [0, 0.05) is 33.9 Å². The Morgan fingerprint density at radius 2 is 1.78 bits per heavy atom. The van der Waals surface area contributed by atoms with Gasteiger partial charge in [0.15, 0.2) is 0 Å². The van der Waals surface area contributed by atoms with Crippen molar-refractivity contribution >= 4 is 36.3 Å². The van der Waals surface area contributed by atoms with Gasteiger partial charge in [-0.25, -0.2) is 4.79 Å². The molecule has 1 N–H and O–H groups in total. The number of carboxylic acids is 1. The maximum Gasteiger partial charge on any atom is 0.326 e. The first-order valence-corrected chi connectivity index (χ1v) is 10.4. The predicted octanol–water partition coefficient (Wildman–Crippen LogP) is 4.17. The summed E-state index contributed by atoms with van der Waals surface area (Å²) in [6, 6.07) is 17.6. The van der Waals surface area contributed by atoms with Crippen molar-refractivity contribution in [3.63, 3.8) is 0 Å². The molecule has 3 rings (SSSR count). The predicted molar refractivity (Wildman–Crippen MR) is 111 cm³/mol. The Kier molecular flexibility index (Phi) is 6.50. The Bertz CT molecular complexity index is 795. The molecule has 2 unspecified atom stereocenters. The van der Waals surface area contributed by atoms with Gasteiger partial charge in [-0.1, -0.05) is 49.0 Å². The van der Waals surface area contributed by atoms with Gasteiger partial charge in [-0.3, -0.25) is 4.79 Å². The van der Waals surface area contributed by atoms with Crippen LogP contribution in [0.15, 0.2) is 64.4 Å². The molecule has 0 aromatic heterocycles. The van der Waals surface area contributed by atoms with Gasteiger partial charge >= 0.3 is 5.97 Å². The number of hydrogen-bond acceptors (Lipinski definition) is 4. The van der Waals surface area contributed by atoms with Crippen LogP contribution < -0.4 is 0 Å². The third-order valence-corrected chi connectivity index (χ3v) is 6.46. The van der Waals surface area contributed by atoms with Crippen molar-refractivity contribution in [2.75, 3.05) is 12.3 Å². The molecule has 0 radical (unpaired) electrons. The van der Waals surface area contributed by atoms with Crippen molar-refractivity contribution in [1.82, 2.24) is 4.90 Å². The highest BCUT2D eigenvalue weighted by Gasteiger charge is 2.41. The lowest BCUT2D eigenvalue weighted by Crippen LogP contribution is -2.43. The van der Waals surface area contributed by atoms with Crippen LogP contribution in [0.4, 0.5) is 0 Å². The van der Waals surface area contributed by atoms with E-state index < -0.39 is 12.0 Å². The molecule has 142 valence electrons. The zero-order valence-corrected chi connectivity index (χ0v) is 16.8. The first kappa shape index (κ1) is 19.8. The summed E-state index contributed by atoms with van der Waals surface area (Å²) in [6.07, 6.45) is 0.450. The van der Waals surface area contributed by atoms with E-state index in [9.17, 15) is 14.7 Å². The molecule has 3 atom stereocenters. The number of amides is 1. The minimum Gasteiger partial charge on any atom is -0.480 e. The second-order valence-corrected chi connectivity index (χ2v) is 8.36. The minimum atomic E-state index is -0.937. The third kappa shape index (κ3) is 4.68. The second kappa shape index (κ2) is 8.85. The summed E-state index contributed by atoms with van der Waals surface area (Å²) >= 11 is 5.87. The van der Waals surface area contributed by atoms with Crippen LogP contribution in [0.5, 0.6) is 0 Å². The monoisotopic (exact) mass is 401 g/mol. The van der Waals surface area contributed by atoms with E-state index in [-0.39, 0.29) is 17.7 Å². The molecule has 0 saturated carbocycles. The van der Waals surface area contributed by atoms with Crippen LogP contribution in [0, 0.1) is 5.92 Å². The molecule has 0 bridgehead atoms. The Morgan fingerprint density at radius 1 is 1.15 bits per heavy atom. The lowest BCUT2D eigenvalue weighted by molar-refractivity contribution is -0.149. The van der Waals surface area contributed by atoms with E-state index in [4.69, 9.17) is 0 Å². The maximum atomic E-state index is 12.5. The van der Waals surface area contributed by atoms with Crippen LogP contribution in [0.25, 0.3) is 0 Å². The standard InChI is InChI=1S/C21H23NO3S2/c1-14(13-26)20(23)22-12-16(11-19(22)21(24)25)15-7-9-18(10-8-15)27-17-5-3-2-4-6-17/h2-10,14,16,19,26H,11-13H2,1H3,(H,24,25)/t14?,16?,19-/m0/s1. The van der Waals surface area contributed by atoms with Gasteiger partial charge in [0.2, 0.25) is 5.91 Å². The number of benzene rings is 2. The second-order valence-electron chi connectivity index (χ2n) is 6.85. The van der Waals surface area contributed by atoms with Crippen molar-refractivity contribution in [1.29, 1.82) is 0 Å². The number of carbonyl (C=O) groups is 2. The van der Waals surface area contributed by atoms with E-state index in [1.54, 1.807) is 18.7 Å². The van der Waals surface area contributed by atoms with E-state index in [1.165, 1.54) is 9.80 Å². The van der Waals surface area contributed by atoms with Gasteiger partial charge in [-0.05, 0) is 36.2 Å². The minimum absolute atomic E-state index is 0.0398. The fraction of sp³-hybridized carbons (Fsp3) is 0.333. The molecule has 4 nitrogen and oxygen atoms in total. The van der Waals surface area contributed by atoms with Gasteiger partial charge in [0.25, 0.3) is 0 Å². The lowest BCUT2D eigenvalue weighted by Gasteiger charge is -2.24. The zero-order chi connectivity index (χ0) is 19.4. The fourth-order valence-corrected chi connectivity index (χ4v) is 4.34. The fourth-order valence-electron chi connectivity index (χ4n) is 3.35. The van der Waals surface area contributed by atoms with Gasteiger partial charge in [0.1, 0.15) is 6.04 Å². The van der Waals surface area contributed by atoms with Crippen molar-refractivity contribution in [3.05, 3.63) is 60.2 Å². The SMILES string of the molecule is CC(CS)C(=O)N1CC(c2ccc(Sc3ccccc3)cc2)C[C@H]1C(=O)O. The van der Waals surface area contributed by atoms with Crippen molar-refractivity contribution < 1.29 is 14.7 Å². The summed E-state index contributed by atoms with van der Waals surface area (Å²) in [7, 11) is 0. The quantitative estimate of drug-likeness (QED) is 0.713. The molecule has 1 aliphatic heterocycles. The van der Waals surface area contributed by atoms with Gasteiger partial charge in [-0.15, -0.1) is 0 Å². The van der Waals surface area contributed by atoms with E-state index in [0.717, 1.165) is 10.5 Å². The lowest BCUT2D eigenvalue weighted by atomic mass is 9.96. The summed E-state index contributed by atoms with van der Waals surface area (Å²) in [5.41, 5.74) is 1.08. The molecule has 1 amide bonds. The largest absolute Gasteiger partial charge is 0.480 e. The van der Waals surface area contributed by atoms with Gasteiger partial charge < -0.3 is 10.0 Å². The smallest absolute Gasteiger partial charge is 0.326 e. The number of nitrogens with zero attached hydrogens (tertiary/aromatic N) is 1. The number of likely N-dealkylation sites (tertiary alicyclic amines) is 1. The number of rotatable bonds is 6. The molecule has 2 aromatic carbocycles. The van der Waals surface area contributed by atoms with Crippen molar-refractivity contribution in [2.24, 2.45) is 5.92 Å². The highest BCUT2D eigenvalue weighted by molar-refractivity contribution is 7.99. The zero-order valence-electron chi connectivity index (χ0n) is 15.1. The summed E-state index contributed by atoms with van der Waals surface area (Å²) in [4.78, 5) is 28.0. The van der Waals surface area contributed by atoms with Crippen molar-refractivity contribution in [2.45, 2.75) is 35.1 Å². The molecule has 27 heavy (non-hydrogen) atoms. The Balaban J connectivity index is 1.72. The summed E-state index contributed by atoms with van der Waals surface area (Å²) in [6.45, 7) is 2.23. The Hall–Kier alpha value is -1.92. The van der Waals surface area contributed by atoms with E-state index in [1.807, 2.05) is 30.3 Å². The number of hydrogen-bond donors (Lipinski definition) is 2. The average molecular weight is 402 g/mol. The average Bonchev–Trinajstić information content (AvgIpc) is 3.14. The van der Waals surface area contributed by atoms with Crippen LogP contribution in [0.1, 0.15) is 24.8 Å². The summed E-state index contributed by atoms with van der Waals surface area (Å²) in [5.74, 6) is -0.890. The number of thiol groups is 1. The van der Waals surface area contributed by atoms with Crippen molar-refractivity contribution in [3.8, 4) is 0 Å². The van der Waals surface area contributed by atoms with Crippen LogP contribution in [-0.4, -0.2) is 40.2 Å². The van der Waals surface area contributed by atoms with E-state index in [2.05, 4.69) is 36.9 Å². The Labute approximate surface area is 169 Å². The maximum absolute atomic E-state index is 12.5. The molecule has 0 spiro atoms. The molecule has 2 aromatic rings. The highest BCUT2D eigenvalue weighted by Crippen LogP contribution is 2.35. The van der Waals surface area contributed by atoms with Crippen LogP contribution in [-0.2, 0) is 9.59 Å². The molecule has 1 fully saturated rings. The molecule has 1 saturated heterocycles. The van der Waals surface area contributed by atoms with Gasteiger partial charge in [0.05, 0.1) is 0 Å². The van der Waals surface area contributed by atoms with E-state index in [0.29, 0.717) is 18.7 Å². The molecule has 6 heteroatoms. The van der Waals surface area contributed by atoms with Crippen LogP contribution in [0.2, 0.25) is 0 Å². The topological polar surface area (TPSA) is 57.6 Å². The molecule has 1 heterocycles. The molecule has 0 aliphatic carbocycles. The van der Waals surface area contributed by atoms with Gasteiger partial charge in [-0.2, -0.15) is 12.6 Å². The van der Waals surface area contributed by atoms with E-state index >= 15 is 0 Å². The van der Waals surface area contributed by atoms with Crippen LogP contribution >= 0.6 is 24.4 Å². The molecular weight excluding hydrogens is 378 g/mol. The Morgan fingerprint density at radius 3 is 2.37 bits per heavy atom. The summed E-state index contributed by atoms with van der Waals surface area (Å²) < 4.78 is 0. The third-order valence-electron chi connectivity index (χ3n) is 4.90. The molecular formula is C21H23NO3S2. The number of aliphatic carboxylic acids is 1. The first-order chi connectivity index (χ1) is 13.0. The van der Waals surface area contributed by atoms with Crippen LogP contribution in [0.3, 0.4) is 0 Å². The normalized spacial score (nSPS) is 20.4. The first-order valence-electron chi connectivity index (χ1n) is 8.96.